The highest BCUT2D eigenvalue weighted by Gasteiger charge is 2.09. The summed E-state index contributed by atoms with van der Waals surface area (Å²) in [5.74, 6) is -0.256. The fourth-order valence-corrected chi connectivity index (χ4v) is 2.45. The molecule has 0 fully saturated rings. The average Bonchev–Trinajstić information content (AvgIpc) is 2.66. The van der Waals surface area contributed by atoms with Crippen molar-refractivity contribution in [3.63, 3.8) is 0 Å². The van der Waals surface area contributed by atoms with E-state index in [1.807, 2.05) is 42.5 Å². The number of pyridine rings is 1. The van der Waals surface area contributed by atoms with E-state index in [1.165, 1.54) is 0 Å². The number of carboxylic acid groups (broad SMARTS) is 1. The van der Waals surface area contributed by atoms with Crippen molar-refractivity contribution in [1.82, 2.24) is 15.0 Å². The molecule has 3 rings (SSSR count). The van der Waals surface area contributed by atoms with Crippen molar-refractivity contribution in [1.29, 1.82) is 0 Å². The number of benzene rings is 1. The van der Waals surface area contributed by atoms with Crippen molar-refractivity contribution in [2.75, 3.05) is 17.2 Å². The number of carboxylic acids is 1. The lowest BCUT2D eigenvalue weighted by Gasteiger charge is -2.11. The van der Waals surface area contributed by atoms with Gasteiger partial charge in [-0.2, -0.15) is 4.98 Å². The molecule has 132 valence electrons. The molecule has 0 atom stereocenters. The first-order valence-electron chi connectivity index (χ1n) is 7.85. The van der Waals surface area contributed by atoms with Crippen LogP contribution in [0.25, 0.3) is 11.4 Å². The lowest BCUT2D eigenvalue weighted by Crippen LogP contribution is -2.15. The minimum absolute atomic E-state index is 0.206. The molecule has 0 saturated heterocycles. The van der Waals surface area contributed by atoms with Crippen LogP contribution in [0.5, 0.6) is 0 Å². The van der Waals surface area contributed by atoms with E-state index in [0.717, 1.165) is 5.56 Å². The van der Waals surface area contributed by atoms with Crippen molar-refractivity contribution < 1.29 is 9.90 Å². The fraction of sp³-hybridized carbons (Fsp3) is 0.111. The predicted molar refractivity (Wildman–Crippen MR) is 100 cm³/mol. The van der Waals surface area contributed by atoms with E-state index in [-0.39, 0.29) is 12.5 Å². The van der Waals surface area contributed by atoms with Gasteiger partial charge in [-0.05, 0) is 23.8 Å². The molecule has 0 aliphatic rings. The number of aliphatic carboxylic acids is 1. The number of aromatic nitrogens is 3. The van der Waals surface area contributed by atoms with E-state index in [1.54, 1.807) is 12.3 Å². The summed E-state index contributed by atoms with van der Waals surface area (Å²) in [5.41, 5.74) is 2.16. The van der Waals surface area contributed by atoms with Gasteiger partial charge in [-0.1, -0.05) is 35.9 Å². The molecule has 0 unspecified atom stereocenters. The Balaban J connectivity index is 1.86. The van der Waals surface area contributed by atoms with E-state index < -0.39 is 5.97 Å². The van der Waals surface area contributed by atoms with Gasteiger partial charge in [0.15, 0.2) is 0 Å². The molecule has 3 aromatic rings. The molecule has 0 spiro atoms. The summed E-state index contributed by atoms with van der Waals surface area (Å²) < 4.78 is 0. The van der Waals surface area contributed by atoms with Gasteiger partial charge >= 0.3 is 5.97 Å². The summed E-state index contributed by atoms with van der Waals surface area (Å²) >= 11 is 6.17. The number of rotatable bonds is 7. The average molecular weight is 370 g/mol. The van der Waals surface area contributed by atoms with Crippen LogP contribution in [-0.2, 0) is 11.3 Å². The topological polar surface area (TPSA) is 100 Å². The standard InChI is InChI=1S/C18H16ClN5O2/c19-13-6-2-1-5-12(13)10-21-16-9-15(14-7-3-4-8-20-14)23-18(24-16)22-11-17(25)26/h1-9H,10-11H2,(H,25,26)(H2,21,22,23,24). The summed E-state index contributed by atoms with van der Waals surface area (Å²) in [6, 6.07) is 14.7. The Hall–Kier alpha value is -3.19. The van der Waals surface area contributed by atoms with Crippen molar-refractivity contribution in [3.05, 3.63) is 65.3 Å². The maximum Gasteiger partial charge on any atom is 0.322 e. The largest absolute Gasteiger partial charge is 0.480 e. The van der Waals surface area contributed by atoms with E-state index >= 15 is 0 Å². The van der Waals surface area contributed by atoms with Crippen molar-refractivity contribution in [2.45, 2.75) is 6.54 Å². The van der Waals surface area contributed by atoms with Crippen molar-refractivity contribution >= 4 is 29.3 Å². The van der Waals surface area contributed by atoms with Crippen LogP contribution < -0.4 is 10.6 Å². The molecule has 2 aromatic heterocycles. The van der Waals surface area contributed by atoms with Crippen molar-refractivity contribution in [2.24, 2.45) is 0 Å². The lowest BCUT2D eigenvalue weighted by molar-refractivity contribution is -0.134. The maximum absolute atomic E-state index is 10.8. The summed E-state index contributed by atoms with van der Waals surface area (Å²) in [7, 11) is 0. The summed E-state index contributed by atoms with van der Waals surface area (Å²) in [5, 5.41) is 15.4. The van der Waals surface area contributed by atoms with E-state index in [4.69, 9.17) is 16.7 Å². The highest BCUT2D eigenvalue weighted by Crippen LogP contribution is 2.21. The molecular weight excluding hydrogens is 354 g/mol. The van der Waals surface area contributed by atoms with Crippen LogP contribution in [-0.4, -0.2) is 32.6 Å². The van der Waals surface area contributed by atoms with Crippen LogP contribution in [0, 0.1) is 0 Å². The van der Waals surface area contributed by atoms with Crippen molar-refractivity contribution in [3.8, 4) is 11.4 Å². The number of anilines is 2. The maximum atomic E-state index is 10.8. The molecule has 7 nitrogen and oxygen atoms in total. The number of carbonyl (C=O) groups is 1. The molecule has 3 N–H and O–H groups in total. The Labute approximate surface area is 155 Å². The number of hydrogen-bond acceptors (Lipinski definition) is 6. The first-order chi connectivity index (χ1) is 12.6. The molecule has 0 aliphatic carbocycles. The highest BCUT2D eigenvalue weighted by atomic mass is 35.5. The minimum atomic E-state index is -0.998. The molecule has 0 amide bonds. The quantitative estimate of drug-likeness (QED) is 0.587. The van der Waals surface area contributed by atoms with Gasteiger partial charge < -0.3 is 15.7 Å². The van der Waals surface area contributed by atoms with Crippen LogP contribution in [0.2, 0.25) is 5.02 Å². The van der Waals surface area contributed by atoms with Gasteiger partial charge in [-0.3, -0.25) is 9.78 Å². The van der Waals surface area contributed by atoms with Gasteiger partial charge in [0.1, 0.15) is 12.4 Å². The first-order valence-corrected chi connectivity index (χ1v) is 8.23. The molecule has 0 radical (unpaired) electrons. The van der Waals surface area contributed by atoms with Crippen LogP contribution in [0.3, 0.4) is 0 Å². The van der Waals surface area contributed by atoms with Crippen LogP contribution >= 0.6 is 11.6 Å². The molecule has 0 aliphatic heterocycles. The third kappa shape index (κ3) is 4.67. The van der Waals surface area contributed by atoms with Gasteiger partial charge in [0.2, 0.25) is 5.95 Å². The zero-order valence-electron chi connectivity index (χ0n) is 13.7. The van der Waals surface area contributed by atoms with Crippen LogP contribution in [0.4, 0.5) is 11.8 Å². The Bertz CT molecular complexity index is 905. The predicted octanol–water partition coefficient (Wildman–Crippen LogP) is 3.30. The van der Waals surface area contributed by atoms with Crippen LogP contribution in [0.15, 0.2) is 54.7 Å². The number of nitrogens with zero attached hydrogens (tertiary/aromatic N) is 3. The van der Waals surface area contributed by atoms with E-state index in [9.17, 15) is 4.79 Å². The Morgan fingerprint density at radius 3 is 2.58 bits per heavy atom. The molecule has 0 bridgehead atoms. The zero-order valence-corrected chi connectivity index (χ0v) is 14.4. The first kappa shape index (κ1) is 17.6. The third-order valence-electron chi connectivity index (χ3n) is 3.47. The Morgan fingerprint density at radius 2 is 1.85 bits per heavy atom. The van der Waals surface area contributed by atoms with Gasteiger partial charge in [0, 0.05) is 23.8 Å². The van der Waals surface area contributed by atoms with Crippen LogP contribution in [0.1, 0.15) is 5.56 Å². The highest BCUT2D eigenvalue weighted by molar-refractivity contribution is 6.31. The second-order valence-electron chi connectivity index (χ2n) is 5.37. The molecule has 26 heavy (non-hydrogen) atoms. The second kappa shape index (κ2) is 8.26. The van der Waals surface area contributed by atoms with E-state index in [2.05, 4.69) is 25.6 Å². The summed E-state index contributed by atoms with van der Waals surface area (Å²) in [6.07, 6.45) is 1.67. The monoisotopic (exact) mass is 369 g/mol. The third-order valence-corrected chi connectivity index (χ3v) is 3.84. The van der Waals surface area contributed by atoms with Gasteiger partial charge in [-0.25, -0.2) is 4.98 Å². The SMILES string of the molecule is O=C(O)CNc1nc(NCc2ccccc2Cl)cc(-c2ccccn2)n1. The number of hydrogen-bond donors (Lipinski definition) is 3. The van der Waals surface area contributed by atoms with Gasteiger partial charge in [-0.15, -0.1) is 0 Å². The lowest BCUT2D eigenvalue weighted by atomic mass is 10.2. The van der Waals surface area contributed by atoms with Gasteiger partial charge in [0.25, 0.3) is 0 Å². The number of halogens is 1. The summed E-state index contributed by atoms with van der Waals surface area (Å²) in [4.78, 5) is 23.7. The minimum Gasteiger partial charge on any atom is -0.480 e. The normalized spacial score (nSPS) is 10.3. The molecular formula is C18H16ClN5O2. The summed E-state index contributed by atoms with van der Waals surface area (Å²) in [6.45, 7) is 0.187. The molecule has 2 heterocycles. The number of nitrogens with one attached hydrogen (secondary N) is 2. The Morgan fingerprint density at radius 1 is 1.04 bits per heavy atom. The molecule has 0 saturated carbocycles. The Kier molecular flexibility index (Phi) is 5.60. The molecule has 1 aromatic carbocycles. The zero-order chi connectivity index (χ0) is 18.4. The smallest absolute Gasteiger partial charge is 0.322 e. The molecule has 8 heteroatoms. The second-order valence-corrected chi connectivity index (χ2v) is 5.78. The van der Waals surface area contributed by atoms with E-state index in [0.29, 0.717) is 28.8 Å². The fourth-order valence-electron chi connectivity index (χ4n) is 2.24. The van der Waals surface area contributed by atoms with Gasteiger partial charge in [0.05, 0.1) is 11.4 Å².